The van der Waals surface area contributed by atoms with Crippen LogP contribution in [-0.4, -0.2) is 0 Å². The lowest BCUT2D eigenvalue weighted by Crippen LogP contribution is -2.31. The Hall–Kier alpha value is -1.82. The van der Waals surface area contributed by atoms with Crippen LogP contribution in [0.5, 0.6) is 0 Å². The third-order valence-corrected chi connectivity index (χ3v) is 5.49. The number of aryl methyl sites for hydroxylation is 2. The fourth-order valence-electron chi connectivity index (χ4n) is 4.08. The van der Waals surface area contributed by atoms with E-state index in [2.05, 4.69) is 82.3 Å². The van der Waals surface area contributed by atoms with E-state index in [4.69, 9.17) is 0 Å². The summed E-state index contributed by atoms with van der Waals surface area (Å²) in [5, 5.41) is 0. The lowest BCUT2D eigenvalue weighted by atomic mass is 9.64. The van der Waals surface area contributed by atoms with E-state index >= 15 is 0 Å². The van der Waals surface area contributed by atoms with Crippen LogP contribution >= 0.6 is 0 Å². The molecule has 2 aromatic carbocycles. The Morgan fingerprint density at radius 3 is 2.04 bits per heavy atom. The van der Waals surface area contributed by atoms with Gasteiger partial charge in [0.2, 0.25) is 0 Å². The van der Waals surface area contributed by atoms with Gasteiger partial charge in [0.05, 0.1) is 0 Å². The van der Waals surface area contributed by atoms with E-state index in [0.717, 1.165) is 6.42 Å². The monoisotopic (exact) mass is 304 g/mol. The highest BCUT2D eigenvalue weighted by Crippen LogP contribution is 2.46. The van der Waals surface area contributed by atoms with Crippen molar-refractivity contribution in [2.45, 2.75) is 52.4 Å². The Labute approximate surface area is 141 Å². The zero-order valence-electron chi connectivity index (χ0n) is 14.9. The number of hydrogen-bond donors (Lipinski definition) is 0. The minimum Gasteiger partial charge on any atom is -0.0778 e. The minimum atomic E-state index is 0.280. The highest BCUT2D eigenvalue weighted by Gasteiger charge is 2.35. The molecule has 2 unspecified atom stereocenters. The Morgan fingerprint density at radius 1 is 0.913 bits per heavy atom. The highest BCUT2D eigenvalue weighted by atomic mass is 14.4. The number of benzene rings is 2. The average molecular weight is 304 g/mol. The van der Waals surface area contributed by atoms with Gasteiger partial charge in [-0.25, -0.2) is 0 Å². The molecule has 2 aromatic rings. The third kappa shape index (κ3) is 3.27. The van der Waals surface area contributed by atoms with E-state index in [-0.39, 0.29) is 5.41 Å². The van der Waals surface area contributed by atoms with Crippen LogP contribution in [0.1, 0.15) is 55.4 Å². The molecule has 0 fully saturated rings. The highest BCUT2D eigenvalue weighted by molar-refractivity contribution is 5.68. The van der Waals surface area contributed by atoms with Gasteiger partial charge in [-0.1, -0.05) is 79.6 Å². The molecule has 23 heavy (non-hydrogen) atoms. The first-order chi connectivity index (χ1) is 11.0. The summed E-state index contributed by atoms with van der Waals surface area (Å²) < 4.78 is 0. The SMILES string of the molecule is CCC1(c2ccc(C)cc2)CC(c2ccc(C)cc2)=CC(C)C1. The van der Waals surface area contributed by atoms with Crippen LogP contribution in [0.4, 0.5) is 0 Å². The number of rotatable bonds is 3. The predicted molar refractivity (Wildman–Crippen MR) is 101 cm³/mol. The van der Waals surface area contributed by atoms with Gasteiger partial charge in [-0.3, -0.25) is 0 Å². The summed E-state index contributed by atoms with van der Waals surface area (Å²) in [5.74, 6) is 0.626. The van der Waals surface area contributed by atoms with Gasteiger partial charge >= 0.3 is 0 Å². The fourth-order valence-corrected chi connectivity index (χ4v) is 4.08. The van der Waals surface area contributed by atoms with E-state index in [0.29, 0.717) is 5.92 Å². The molecule has 0 heterocycles. The molecule has 1 aliphatic rings. The van der Waals surface area contributed by atoms with Crippen molar-refractivity contribution in [3.8, 4) is 0 Å². The van der Waals surface area contributed by atoms with E-state index in [1.165, 1.54) is 40.7 Å². The van der Waals surface area contributed by atoms with Gasteiger partial charge in [0.25, 0.3) is 0 Å². The van der Waals surface area contributed by atoms with Gasteiger partial charge in [0, 0.05) is 0 Å². The van der Waals surface area contributed by atoms with Crippen LogP contribution in [0.3, 0.4) is 0 Å². The lowest BCUT2D eigenvalue weighted by Gasteiger charge is -2.40. The van der Waals surface area contributed by atoms with Crippen LogP contribution in [-0.2, 0) is 5.41 Å². The molecule has 0 aromatic heterocycles. The summed E-state index contributed by atoms with van der Waals surface area (Å²) in [6.07, 6.45) is 6.10. The summed E-state index contributed by atoms with van der Waals surface area (Å²) in [6, 6.07) is 18.3. The smallest absolute Gasteiger partial charge is 0.000367 e. The van der Waals surface area contributed by atoms with Crippen LogP contribution in [0.25, 0.3) is 5.57 Å². The van der Waals surface area contributed by atoms with E-state index < -0.39 is 0 Å². The second kappa shape index (κ2) is 6.35. The molecule has 0 saturated heterocycles. The van der Waals surface area contributed by atoms with Crippen molar-refractivity contribution < 1.29 is 0 Å². The zero-order valence-corrected chi connectivity index (χ0v) is 14.9. The normalized spacial score (nSPS) is 24.3. The minimum absolute atomic E-state index is 0.280. The molecule has 0 heteroatoms. The molecular weight excluding hydrogens is 276 g/mol. The molecule has 0 aliphatic heterocycles. The van der Waals surface area contributed by atoms with Crippen molar-refractivity contribution in [2.24, 2.45) is 5.92 Å². The third-order valence-electron chi connectivity index (χ3n) is 5.49. The maximum atomic E-state index is 2.49. The molecular formula is C23H28. The Morgan fingerprint density at radius 2 is 1.48 bits per heavy atom. The van der Waals surface area contributed by atoms with Crippen molar-refractivity contribution in [1.29, 1.82) is 0 Å². The molecule has 0 saturated carbocycles. The maximum Gasteiger partial charge on any atom is -0.000367 e. The van der Waals surface area contributed by atoms with Crippen LogP contribution in [0.15, 0.2) is 54.6 Å². The Kier molecular flexibility index (Phi) is 4.43. The van der Waals surface area contributed by atoms with Gasteiger partial charge < -0.3 is 0 Å². The molecule has 0 N–H and O–H groups in total. The van der Waals surface area contributed by atoms with Gasteiger partial charge in [-0.05, 0) is 61.1 Å². The van der Waals surface area contributed by atoms with E-state index in [9.17, 15) is 0 Å². The van der Waals surface area contributed by atoms with Crippen molar-refractivity contribution in [3.05, 3.63) is 76.9 Å². The largest absolute Gasteiger partial charge is 0.0778 e. The quantitative estimate of drug-likeness (QED) is 0.610. The first-order valence-electron chi connectivity index (χ1n) is 8.87. The van der Waals surface area contributed by atoms with Crippen molar-refractivity contribution in [3.63, 3.8) is 0 Å². The summed E-state index contributed by atoms with van der Waals surface area (Å²) in [7, 11) is 0. The topological polar surface area (TPSA) is 0 Å². The van der Waals surface area contributed by atoms with Crippen molar-refractivity contribution >= 4 is 5.57 Å². The first-order valence-corrected chi connectivity index (χ1v) is 8.87. The molecule has 120 valence electrons. The standard InChI is InChI=1S/C23H28/c1-5-23(22-12-8-18(3)9-13-22)15-19(4)14-21(16-23)20-10-6-17(2)7-11-20/h6-14,19H,5,15-16H2,1-4H3. The molecule has 1 aliphatic carbocycles. The van der Waals surface area contributed by atoms with Crippen molar-refractivity contribution in [2.75, 3.05) is 0 Å². The summed E-state index contributed by atoms with van der Waals surface area (Å²) in [5.41, 5.74) is 7.38. The Balaban J connectivity index is 1.99. The molecule has 0 bridgehead atoms. The van der Waals surface area contributed by atoms with E-state index in [1.54, 1.807) is 0 Å². The van der Waals surface area contributed by atoms with Crippen LogP contribution in [0, 0.1) is 19.8 Å². The molecule has 3 rings (SSSR count). The number of hydrogen-bond acceptors (Lipinski definition) is 0. The van der Waals surface area contributed by atoms with Crippen LogP contribution in [0.2, 0.25) is 0 Å². The van der Waals surface area contributed by atoms with Gasteiger partial charge in [-0.2, -0.15) is 0 Å². The van der Waals surface area contributed by atoms with Gasteiger partial charge in [-0.15, -0.1) is 0 Å². The first kappa shape index (κ1) is 16.1. The van der Waals surface area contributed by atoms with E-state index in [1.807, 2.05) is 0 Å². The van der Waals surface area contributed by atoms with Crippen LogP contribution < -0.4 is 0 Å². The average Bonchev–Trinajstić information content (AvgIpc) is 2.55. The molecule has 0 radical (unpaired) electrons. The molecule has 0 amide bonds. The van der Waals surface area contributed by atoms with Gasteiger partial charge in [0.1, 0.15) is 0 Å². The van der Waals surface area contributed by atoms with Gasteiger partial charge in [0.15, 0.2) is 0 Å². The summed E-state index contributed by atoms with van der Waals surface area (Å²) >= 11 is 0. The molecule has 0 spiro atoms. The van der Waals surface area contributed by atoms with Crippen molar-refractivity contribution in [1.82, 2.24) is 0 Å². The summed E-state index contributed by atoms with van der Waals surface area (Å²) in [6.45, 7) is 9.05. The second-order valence-corrected chi connectivity index (χ2v) is 7.42. The fraction of sp³-hybridized carbons (Fsp3) is 0.391. The summed E-state index contributed by atoms with van der Waals surface area (Å²) in [4.78, 5) is 0. The molecule has 0 nitrogen and oxygen atoms in total. The second-order valence-electron chi connectivity index (χ2n) is 7.42. The molecule has 2 atom stereocenters. The Bertz CT molecular complexity index is 688. The number of allylic oxidation sites excluding steroid dienone is 2. The maximum absolute atomic E-state index is 2.49. The lowest BCUT2D eigenvalue weighted by molar-refractivity contribution is 0.336. The predicted octanol–water partition coefficient (Wildman–Crippen LogP) is 6.46. The zero-order chi connectivity index (χ0) is 16.4.